The summed E-state index contributed by atoms with van der Waals surface area (Å²) < 4.78 is 0. The van der Waals surface area contributed by atoms with Gasteiger partial charge >= 0.3 is 0 Å². The van der Waals surface area contributed by atoms with E-state index in [4.69, 9.17) is 5.84 Å². The van der Waals surface area contributed by atoms with E-state index in [1.165, 1.54) is 5.56 Å². The summed E-state index contributed by atoms with van der Waals surface area (Å²) in [6.07, 6.45) is 0. The number of nitrogens with one attached hydrogen (secondary N) is 1. The lowest BCUT2D eigenvalue weighted by Gasteiger charge is -2.18. The van der Waals surface area contributed by atoms with Crippen LogP contribution in [-0.4, -0.2) is 0 Å². The third-order valence-electron chi connectivity index (χ3n) is 4.80. The molecule has 2 rings (SSSR count). The van der Waals surface area contributed by atoms with E-state index in [-0.39, 0.29) is 6.04 Å². The Hall–Kier alpha value is -0.860. The van der Waals surface area contributed by atoms with Gasteiger partial charge in [-0.1, -0.05) is 58.0 Å². The fourth-order valence-corrected chi connectivity index (χ4v) is 3.13. The minimum absolute atomic E-state index is 0.256. The molecule has 1 aliphatic carbocycles. The van der Waals surface area contributed by atoms with Gasteiger partial charge in [-0.25, -0.2) is 0 Å². The maximum absolute atomic E-state index is 5.74. The van der Waals surface area contributed by atoms with E-state index in [0.29, 0.717) is 16.7 Å². The topological polar surface area (TPSA) is 38.0 Å². The molecule has 0 heterocycles. The Morgan fingerprint density at radius 3 is 1.94 bits per heavy atom. The quantitative estimate of drug-likeness (QED) is 0.605. The van der Waals surface area contributed by atoms with E-state index in [1.54, 1.807) is 0 Å². The van der Waals surface area contributed by atoms with E-state index in [1.807, 2.05) is 6.07 Å². The lowest BCUT2D eigenvalue weighted by molar-refractivity contribution is 0.417. The van der Waals surface area contributed by atoms with Crippen LogP contribution in [0.15, 0.2) is 30.3 Å². The van der Waals surface area contributed by atoms with Gasteiger partial charge in [0.05, 0.1) is 0 Å². The molecular formula is C14H22N2. The maximum Gasteiger partial charge on any atom is 0.0498 e. The first-order valence-electron chi connectivity index (χ1n) is 5.94. The van der Waals surface area contributed by atoms with Crippen LogP contribution in [-0.2, 0) is 0 Å². The Kier molecular flexibility index (Phi) is 2.59. The van der Waals surface area contributed by atoms with Crippen molar-refractivity contribution in [1.29, 1.82) is 0 Å². The van der Waals surface area contributed by atoms with Gasteiger partial charge in [0.1, 0.15) is 0 Å². The average molecular weight is 218 g/mol. The van der Waals surface area contributed by atoms with Gasteiger partial charge < -0.3 is 0 Å². The summed E-state index contributed by atoms with van der Waals surface area (Å²) in [5.41, 5.74) is 4.97. The van der Waals surface area contributed by atoms with E-state index < -0.39 is 0 Å². The van der Waals surface area contributed by atoms with Crippen LogP contribution in [0.3, 0.4) is 0 Å². The molecule has 0 aromatic heterocycles. The van der Waals surface area contributed by atoms with Crippen molar-refractivity contribution < 1.29 is 0 Å². The molecule has 0 amide bonds. The highest BCUT2D eigenvalue weighted by Crippen LogP contribution is 2.72. The molecule has 1 saturated carbocycles. The van der Waals surface area contributed by atoms with Crippen molar-refractivity contribution in [2.45, 2.75) is 33.7 Å². The summed E-state index contributed by atoms with van der Waals surface area (Å²) in [4.78, 5) is 0. The van der Waals surface area contributed by atoms with Crippen LogP contribution in [0.4, 0.5) is 0 Å². The molecule has 16 heavy (non-hydrogen) atoms. The molecule has 0 radical (unpaired) electrons. The summed E-state index contributed by atoms with van der Waals surface area (Å²) in [5, 5.41) is 0. The molecule has 0 spiro atoms. The second-order valence-electron chi connectivity index (χ2n) is 5.98. The summed E-state index contributed by atoms with van der Waals surface area (Å²) in [7, 11) is 0. The van der Waals surface area contributed by atoms with Gasteiger partial charge in [0, 0.05) is 6.04 Å². The molecule has 2 nitrogen and oxygen atoms in total. The van der Waals surface area contributed by atoms with Crippen LogP contribution >= 0.6 is 0 Å². The Labute approximate surface area is 98.2 Å². The van der Waals surface area contributed by atoms with Crippen molar-refractivity contribution in [2.24, 2.45) is 22.6 Å². The van der Waals surface area contributed by atoms with Gasteiger partial charge in [0.2, 0.25) is 0 Å². The van der Waals surface area contributed by atoms with Gasteiger partial charge in [-0.2, -0.15) is 0 Å². The molecular weight excluding hydrogens is 196 g/mol. The lowest BCUT2D eigenvalue weighted by atomic mass is 9.97. The van der Waals surface area contributed by atoms with Crippen LogP contribution in [0, 0.1) is 16.7 Å². The van der Waals surface area contributed by atoms with Crippen molar-refractivity contribution in [1.82, 2.24) is 5.43 Å². The lowest BCUT2D eigenvalue weighted by Crippen LogP contribution is -2.31. The third-order valence-corrected chi connectivity index (χ3v) is 4.80. The predicted octanol–water partition coefficient (Wildman–Crippen LogP) is 2.87. The molecule has 88 valence electrons. The van der Waals surface area contributed by atoms with Gasteiger partial charge in [-0.05, 0) is 22.3 Å². The molecule has 1 aromatic carbocycles. The Balaban J connectivity index is 2.27. The summed E-state index contributed by atoms with van der Waals surface area (Å²) in [6, 6.07) is 10.7. The van der Waals surface area contributed by atoms with E-state index in [2.05, 4.69) is 57.4 Å². The molecule has 0 saturated heterocycles. The molecule has 1 unspecified atom stereocenters. The van der Waals surface area contributed by atoms with Crippen molar-refractivity contribution in [2.75, 3.05) is 0 Å². The molecule has 0 bridgehead atoms. The second-order valence-corrected chi connectivity index (χ2v) is 5.98. The first kappa shape index (κ1) is 11.6. The normalized spacial score (nSPS) is 24.1. The molecule has 1 aromatic rings. The van der Waals surface area contributed by atoms with Gasteiger partial charge in [0.25, 0.3) is 0 Å². The molecule has 2 heteroatoms. The van der Waals surface area contributed by atoms with E-state index in [0.717, 1.165) is 0 Å². The highest BCUT2D eigenvalue weighted by molar-refractivity contribution is 5.27. The number of benzene rings is 1. The number of hydrogen-bond donors (Lipinski definition) is 2. The summed E-state index contributed by atoms with van der Waals surface area (Å²) in [6.45, 7) is 9.30. The van der Waals surface area contributed by atoms with Gasteiger partial charge in [0.15, 0.2) is 0 Å². The fourth-order valence-electron chi connectivity index (χ4n) is 3.13. The first-order valence-corrected chi connectivity index (χ1v) is 5.94. The van der Waals surface area contributed by atoms with Gasteiger partial charge in [-0.15, -0.1) is 0 Å². The predicted molar refractivity (Wildman–Crippen MR) is 67.6 cm³/mol. The Morgan fingerprint density at radius 2 is 1.56 bits per heavy atom. The zero-order chi connectivity index (χ0) is 12.0. The van der Waals surface area contributed by atoms with Crippen LogP contribution in [0.2, 0.25) is 0 Å². The summed E-state index contributed by atoms with van der Waals surface area (Å²) in [5.74, 6) is 6.33. The number of hydrogen-bond acceptors (Lipinski definition) is 2. The first-order chi connectivity index (χ1) is 7.43. The fraction of sp³-hybridized carbons (Fsp3) is 0.571. The summed E-state index contributed by atoms with van der Waals surface area (Å²) >= 11 is 0. The van der Waals surface area contributed by atoms with Crippen LogP contribution in [0.1, 0.15) is 39.3 Å². The minimum atomic E-state index is 0.256. The molecule has 0 aliphatic heterocycles. The Morgan fingerprint density at radius 1 is 1.06 bits per heavy atom. The van der Waals surface area contributed by atoms with Crippen LogP contribution in [0.25, 0.3) is 0 Å². The zero-order valence-electron chi connectivity index (χ0n) is 10.6. The minimum Gasteiger partial charge on any atom is -0.271 e. The second kappa shape index (κ2) is 3.57. The maximum atomic E-state index is 5.74. The van der Waals surface area contributed by atoms with Crippen molar-refractivity contribution >= 4 is 0 Å². The van der Waals surface area contributed by atoms with Gasteiger partial charge in [-0.3, -0.25) is 11.3 Å². The molecule has 3 N–H and O–H groups in total. The number of rotatable bonds is 3. The molecule has 1 fully saturated rings. The number of hydrazine groups is 1. The molecule has 1 aliphatic rings. The van der Waals surface area contributed by atoms with E-state index in [9.17, 15) is 0 Å². The smallest absolute Gasteiger partial charge is 0.0498 e. The standard InChI is InChI=1S/C14H22N2/c1-13(2)12(14(13,3)4)11(16-15)10-8-6-5-7-9-10/h5-9,11-12,16H,15H2,1-4H3. The monoisotopic (exact) mass is 218 g/mol. The number of nitrogens with two attached hydrogens (primary N) is 1. The third kappa shape index (κ3) is 1.48. The van der Waals surface area contributed by atoms with Crippen molar-refractivity contribution in [3.8, 4) is 0 Å². The highest BCUT2D eigenvalue weighted by atomic mass is 15.2. The van der Waals surface area contributed by atoms with Crippen LogP contribution < -0.4 is 11.3 Å². The van der Waals surface area contributed by atoms with Crippen molar-refractivity contribution in [3.63, 3.8) is 0 Å². The average Bonchev–Trinajstić information content (AvgIpc) is 2.64. The van der Waals surface area contributed by atoms with Crippen molar-refractivity contribution in [3.05, 3.63) is 35.9 Å². The zero-order valence-corrected chi connectivity index (χ0v) is 10.6. The SMILES string of the molecule is CC1(C)C(C(NN)c2ccccc2)C1(C)C. The van der Waals surface area contributed by atoms with E-state index >= 15 is 0 Å². The largest absolute Gasteiger partial charge is 0.271 e. The Bertz CT molecular complexity index is 354. The molecule has 1 atom stereocenters. The van der Waals surface area contributed by atoms with Crippen LogP contribution in [0.5, 0.6) is 0 Å². The highest BCUT2D eigenvalue weighted by Gasteiger charge is 2.67.